The fourth-order valence-electron chi connectivity index (χ4n) is 3.42. The topological polar surface area (TPSA) is 44.8 Å². The minimum atomic E-state index is -0.426. The summed E-state index contributed by atoms with van der Waals surface area (Å²) < 4.78 is 5.62. The number of carbonyl (C=O) groups excluding carboxylic acids is 1. The molecule has 2 aliphatic heterocycles. The molecule has 4 rings (SSSR count). The molecule has 1 amide bonds. The zero-order valence-corrected chi connectivity index (χ0v) is 14.4. The average Bonchev–Trinajstić information content (AvgIpc) is 2.64. The number of anilines is 2. The van der Waals surface area contributed by atoms with E-state index in [1.54, 1.807) is 6.92 Å². The summed E-state index contributed by atoms with van der Waals surface area (Å²) in [5.74, 6) is 0.672. The van der Waals surface area contributed by atoms with Gasteiger partial charge in [-0.3, -0.25) is 9.69 Å². The summed E-state index contributed by atoms with van der Waals surface area (Å²) in [4.78, 5) is 16.7. The van der Waals surface area contributed by atoms with Gasteiger partial charge in [-0.05, 0) is 36.8 Å². The lowest BCUT2D eigenvalue weighted by atomic mass is 10.1. The molecule has 0 radical (unpaired) electrons. The Labute approximate surface area is 148 Å². The Balaban J connectivity index is 1.38. The van der Waals surface area contributed by atoms with E-state index < -0.39 is 6.10 Å². The monoisotopic (exact) mass is 337 g/mol. The molecule has 0 aliphatic carbocycles. The van der Waals surface area contributed by atoms with E-state index >= 15 is 0 Å². The van der Waals surface area contributed by atoms with Crippen molar-refractivity contribution in [2.75, 3.05) is 36.4 Å². The van der Waals surface area contributed by atoms with Gasteiger partial charge < -0.3 is 15.0 Å². The van der Waals surface area contributed by atoms with Crippen LogP contribution in [0.5, 0.6) is 5.75 Å². The van der Waals surface area contributed by atoms with Crippen molar-refractivity contribution in [2.45, 2.75) is 19.6 Å². The van der Waals surface area contributed by atoms with Crippen LogP contribution in [0.4, 0.5) is 11.4 Å². The molecule has 5 nitrogen and oxygen atoms in total. The summed E-state index contributed by atoms with van der Waals surface area (Å²) in [7, 11) is 0. The summed E-state index contributed by atoms with van der Waals surface area (Å²) in [6.07, 6.45) is -0.426. The number of amides is 1. The molecule has 25 heavy (non-hydrogen) atoms. The van der Waals surface area contributed by atoms with Gasteiger partial charge in [0.2, 0.25) is 0 Å². The number of nitrogens with one attached hydrogen (secondary N) is 1. The molecule has 1 saturated heterocycles. The van der Waals surface area contributed by atoms with Crippen LogP contribution in [0, 0.1) is 0 Å². The minimum absolute atomic E-state index is 0.0823. The van der Waals surface area contributed by atoms with E-state index in [1.807, 2.05) is 12.1 Å². The van der Waals surface area contributed by atoms with Gasteiger partial charge in [0.25, 0.3) is 5.91 Å². The molecule has 2 aromatic rings. The number of rotatable bonds is 3. The number of carbonyl (C=O) groups is 1. The number of para-hydroxylation sites is 1. The van der Waals surface area contributed by atoms with Gasteiger partial charge in [-0.1, -0.05) is 24.3 Å². The Kier molecular flexibility index (Phi) is 4.32. The zero-order valence-electron chi connectivity index (χ0n) is 14.4. The van der Waals surface area contributed by atoms with Gasteiger partial charge >= 0.3 is 0 Å². The second-order valence-electron chi connectivity index (χ2n) is 6.68. The number of benzene rings is 2. The molecule has 130 valence electrons. The molecule has 1 atom stereocenters. The average molecular weight is 337 g/mol. The van der Waals surface area contributed by atoms with Crippen molar-refractivity contribution >= 4 is 17.3 Å². The predicted octanol–water partition coefficient (Wildman–Crippen LogP) is 2.73. The van der Waals surface area contributed by atoms with Crippen LogP contribution in [0.1, 0.15) is 12.5 Å². The van der Waals surface area contributed by atoms with Crippen molar-refractivity contribution in [3.8, 4) is 5.75 Å². The minimum Gasteiger partial charge on any atom is -0.479 e. The Bertz CT molecular complexity index is 755. The summed E-state index contributed by atoms with van der Waals surface area (Å²) >= 11 is 0. The molecular weight excluding hydrogens is 314 g/mol. The zero-order chi connectivity index (χ0) is 17.2. The summed E-state index contributed by atoms with van der Waals surface area (Å²) in [5, 5.41) is 2.93. The van der Waals surface area contributed by atoms with Gasteiger partial charge in [0.05, 0.1) is 5.69 Å². The van der Waals surface area contributed by atoms with Gasteiger partial charge in [-0.25, -0.2) is 0 Å². The molecule has 0 aromatic heterocycles. The molecule has 0 saturated carbocycles. The smallest absolute Gasteiger partial charge is 0.265 e. The summed E-state index contributed by atoms with van der Waals surface area (Å²) in [6.45, 7) is 6.79. The van der Waals surface area contributed by atoms with Crippen LogP contribution in [0.25, 0.3) is 0 Å². The van der Waals surface area contributed by atoms with Crippen LogP contribution >= 0.6 is 0 Å². The normalized spacial score (nSPS) is 20.6. The lowest BCUT2D eigenvalue weighted by molar-refractivity contribution is -0.122. The van der Waals surface area contributed by atoms with Crippen molar-refractivity contribution in [2.24, 2.45) is 0 Å². The van der Waals surface area contributed by atoms with Crippen LogP contribution in [0.3, 0.4) is 0 Å². The predicted molar refractivity (Wildman–Crippen MR) is 99.1 cm³/mol. The van der Waals surface area contributed by atoms with Gasteiger partial charge in [0.1, 0.15) is 5.75 Å². The molecule has 0 bridgehead atoms. The molecule has 2 aliphatic rings. The molecule has 1 N–H and O–H groups in total. The summed E-state index contributed by atoms with van der Waals surface area (Å²) in [6, 6.07) is 16.7. The third-order valence-corrected chi connectivity index (χ3v) is 4.87. The molecule has 1 unspecified atom stereocenters. The highest BCUT2D eigenvalue weighted by Gasteiger charge is 2.24. The van der Waals surface area contributed by atoms with Crippen LogP contribution in [0.2, 0.25) is 0 Å². The second kappa shape index (κ2) is 6.76. The fourth-order valence-corrected chi connectivity index (χ4v) is 3.42. The quantitative estimate of drug-likeness (QED) is 0.935. The van der Waals surface area contributed by atoms with E-state index in [2.05, 4.69) is 51.5 Å². The number of piperazine rings is 1. The van der Waals surface area contributed by atoms with Gasteiger partial charge in [0.15, 0.2) is 6.10 Å². The first-order valence-corrected chi connectivity index (χ1v) is 8.82. The highest BCUT2D eigenvalue weighted by atomic mass is 16.5. The van der Waals surface area contributed by atoms with Crippen molar-refractivity contribution < 1.29 is 9.53 Å². The van der Waals surface area contributed by atoms with E-state index in [1.165, 1.54) is 11.3 Å². The number of hydrogen-bond donors (Lipinski definition) is 1. The maximum atomic E-state index is 11.8. The number of fused-ring (bicyclic) bond motifs is 1. The Morgan fingerprint density at radius 1 is 1.08 bits per heavy atom. The SMILES string of the molecule is CC1Oc2ccc(CN3CCN(c4ccccc4)CC3)cc2NC1=O. The third kappa shape index (κ3) is 3.46. The van der Waals surface area contributed by atoms with Crippen LogP contribution in [0.15, 0.2) is 48.5 Å². The van der Waals surface area contributed by atoms with Gasteiger partial charge in [-0.2, -0.15) is 0 Å². The van der Waals surface area contributed by atoms with Gasteiger partial charge in [-0.15, -0.1) is 0 Å². The van der Waals surface area contributed by atoms with Crippen molar-refractivity contribution in [3.05, 3.63) is 54.1 Å². The highest BCUT2D eigenvalue weighted by molar-refractivity contribution is 5.97. The van der Waals surface area contributed by atoms with E-state index in [0.717, 1.165) is 44.2 Å². The van der Waals surface area contributed by atoms with E-state index in [0.29, 0.717) is 0 Å². The second-order valence-corrected chi connectivity index (χ2v) is 6.68. The Morgan fingerprint density at radius 2 is 1.84 bits per heavy atom. The highest BCUT2D eigenvalue weighted by Crippen LogP contribution is 2.31. The summed E-state index contributed by atoms with van der Waals surface area (Å²) in [5.41, 5.74) is 3.28. The lowest BCUT2D eigenvalue weighted by Crippen LogP contribution is -2.46. The standard InChI is InChI=1S/C20H23N3O2/c1-15-20(24)21-18-13-16(7-8-19(18)25-15)14-22-9-11-23(12-10-22)17-5-3-2-4-6-17/h2-8,13,15H,9-12,14H2,1H3,(H,21,24). The molecule has 2 heterocycles. The van der Waals surface area contributed by atoms with E-state index in [9.17, 15) is 4.79 Å². The van der Waals surface area contributed by atoms with E-state index in [4.69, 9.17) is 4.74 Å². The maximum absolute atomic E-state index is 11.8. The molecule has 5 heteroatoms. The van der Waals surface area contributed by atoms with Crippen molar-refractivity contribution in [1.29, 1.82) is 0 Å². The third-order valence-electron chi connectivity index (χ3n) is 4.87. The first-order valence-electron chi connectivity index (χ1n) is 8.82. The molecule has 1 fully saturated rings. The molecular formula is C20H23N3O2. The van der Waals surface area contributed by atoms with Crippen LogP contribution < -0.4 is 15.0 Å². The first kappa shape index (κ1) is 16.0. The Hall–Kier alpha value is -2.53. The molecule has 2 aromatic carbocycles. The largest absolute Gasteiger partial charge is 0.479 e. The fraction of sp³-hybridized carbons (Fsp3) is 0.350. The first-order chi connectivity index (χ1) is 12.2. The van der Waals surface area contributed by atoms with Crippen LogP contribution in [-0.2, 0) is 11.3 Å². The number of nitrogens with zero attached hydrogens (tertiary/aromatic N) is 2. The Morgan fingerprint density at radius 3 is 2.60 bits per heavy atom. The van der Waals surface area contributed by atoms with Crippen molar-refractivity contribution in [1.82, 2.24) is 4.90 Å². The van der Waals surface area contributed by atoms with E-state index in [-0.39, 0.29) is 5.91 Å². The molecule has 0 spiro atoms. The number of ether oxygens (including phenoxy) is 1. The van der Waals surface area contributed by atoms with Crippen molar-refractivity contribution in [3.63, 3.8) is 0 Å². The van der Waals surface area contributed by atoms with Gasteiger partial charge in [0, 0.05) is 38.4 Å². The van der Waals surface area contributed by atoms with Crippen LogP contribution in [-0.4, -0.2) is 43.1 Å². The lowest BCUT2D eigenvalue weighted by Gasteiger charge is -2.36. The maximum Gasteiger partial charge on any atom is 0.265 e. The number of hydrogen-bond acceptors (Lipinski definition) is 4.